The highest BCUT2D eigenvalue weighted by atomic mass is 16.5. The van der Waals surface area contributed by atoms with E-state index in [1.165, 1.54) is 31.4 Å². The van der Waals surface area contributed by atoms with E-state index in [0.29, 0.717) is 6.10 Å². The third-order valence-electron chi connectivity index (χ3n) is 3.15. The Morgan fingerprint density at radius 3 is 2.62 bits per heavy atom. The van der Waals surface area contributed by atoms with Crippen LogP contribution >= 0.6 is 0 Å². The second-order valence-electron chi connectivity index (χ2n) is 3.92. The number of hydrogen-bond donors (Lipinski definition) is 0. The predicted octanol–water partition coefficient (Wildman–Crippen LogP) is 2.55. The average molecular weight is 179 g/mol. The van der Waals surface area contributed by atoms with Gasteiger partial charge in [-0.05, 0) is 31.6 Å². The molecule has 2 nitrogen and oxygen atoms in total. The number of aliphatic imine (C=N–C) groups is 1. The molecule has 2 heteroatoms. The van der Waals surface area contributed by atoms with Gasteiger partial charge in [-0.2, -0.15) is 0 Å². The number of methoxy groups -OCH3 is 1. The first-order valence-electron chi connectivity index (χ1n) is 5.14. The first kappa shape index (κ1) is 8.95. The van der Waals surface area contributed by atoms with Crippen LogP contribution in [0.15, 0.2) is 17.3 Å². The van der Waals surface area contributed by atoms with Gasteiger partial charge in [-0.3, -0.25) is 4.99 Å². The molecule has 1 saturated carbocycles. The van der Waals surface area contributed by atoms with Crippen molar-refractivity contribution in [2.45, 2.75) is 38.2 Å². The highest BCUT2D eigenvalue weighted by Gasteiger charge is 2.24. The topological polar surface area (TPSA) is 21.6 Å². The van der Waals surface area contributed by atoms with Gasteiger partial charge < -0.3 is 4.74 Å². The van der Waals surface area contributed by atoms with Crippen molar-refractivity contribution in [3.05, 3.63) is 12.3 Å². The summed E-state index contributed by atoms with van der Waals surface area (Å²) in [5.74, 6) is 0.737. The van der Waals surface area contributed by atoms with Gasteiger partial charge in [0, 0.05) is 25.4 Å². The molecule has 2 aliphatic rings. The summed E-state index contributed by atoms with van der Waals surface area (Å²) in [7, 11) is 1.82. The Kier molecular flexibility index (Phi) is 2.79. The average Bonchev–Trinajstić information content (AvgIpc) is 2.71. The number of nitrogens with zero attached hydrogens (tertiary/aromatic N) is 1. The van der Waals surface area contributed by atoms with Gasteiger partial charge in [0.2, 0.25) is 0 Å². The normalized spacial score (nSPS) is 33.5. The second-order valence-corrected chi connectivity index (χ2v) is 3.92. The van der Waals surface area contributed by atoms with Crippen molar-refractivity contribution < 1.29 is 4.74 Å². The lowest BCUT2D eigenvalue weighted by Crippen LogP contribution is -2.24. The summed E-state index contributed by atoms with van der Waals surface area (Å²) in [4.78, 5) is 4.41. The summed E-state index contributed by atoms with van der Waals surface area (Å²) < 4.78 is 5.35. The quantitative estimate of drug-likeness (QED) is 0.638. The van der Waals surface area contributed by atoms with Gasteiger partial charge in [0.05, 0.1) is 6.10 Å². The molecule has 0 atom stereocenters. The van der Waals surface area contributed by atoms with Crippen molar-refractivity contribution in [3.63, 3.8) is 0 Å². The van der Waals surface area contributed by atoms with Crippen LogP contribution in [0.4, 0.5) is 0 Å². The Labute approximate surface area is 79.7 Å². The molecule has 13 heavy (non-hydrogen) atoms. The smallest absolute Gasteiger partial charge is 0.0571 e. The number of rotatable bonds is 2. The van der Waals surface area contributed by atoms with Crippen LogP contribution < -0.4 is 0 Å². The lowest BCUT2D eigenvalue weighted by atomic mass is 9.83. The molecule has 1 aliphatic heterocycles. The predicted molar refractivity (Wildman–Crippen MR) is 53.9 cm³/mol. The molecule has 0 amide bonds. The third-order valence-corrected chi connectivity index (χ3v) is 3.15. The fraction of sp³-hybridized carbons (Fsp3) is 0.727. The molecule has 0 unspecified atom stereocenters. The molecular formula is C11H17NO. The van der Waals surface area contributed by atoms with Gasteiger partial charge in [0.15, 0.2) is 0 Å². The van der Waals surface area contributed by atoms with Crippen molar-refractivity contribution in [3.8, 4) is 0 Å². The molecule has 2 rings (SSSR count). The van der Waals surface area contributed by atoms with E-state index in [1.54, 1.807) is 0 Å². The minimum Gasteiger partial charge on any atom is -0.381 e. The highest BCUT2D eigenvalue weighted by Crippen LogP contribution is 2.29. The lowest BCUT2D eigenvalue weighted by Gasteiger charge is -2.27. The molecule has 1 aliphatic carbocycles. The van der Waals surface area contributed by atoms with Crippen molar-refractivity contribution in [1.29, 1.82) is 0 Å². The third kappa shape index (κ3) is 1.99. The van der Waals surface area contributed by atoms with Gasteiger partial charge in [-0.25, -0.2) is 0 Å². The fourth-order valence-electron chi connectivity index (χ4n) is 2.28. The van der Waals surface area contributed by atoms with Crippen molar-refractivity contribution >= 4 is 5.71 Å². The van der Waals surface area contributed by atoms with Gasteiger partial charge in [0.25, 0.3) is 0 Å². The molecule has 0 N–H and O–H groups in total. The molecule has 0 aromatic heterocycles. The summed E-state index contributed by atoms with van der Waals surface area (Å²) in [6.07, 6.45) is 10.6. The first-order chi connectivity index (χ1) is 6.40. The molecule has 0 spiro atoms. The minimum absolute atomic E-state index is 0.506. The van der Waals surface area contributed by atoms with E-state index >= 15 is 0 Å². The minimum atomic E-state index is 0.506. The second kappa shape index (κ2) is 4.05. The Morgan fingerprint density at radius 2 is 2.08 bits per heavy atom. The SMILES string of the molecule is COC1CCC(C2=NC=CC2)CC1. The maximum absolute atomic E-state index is 5.35. The number of hydrogen-bond acceptors (Lipinski definition) is 2. The molecule has 1 fully saturated rings. The van der Waals surface area contributed by atoms with Crippen LogP contribution in [-0.2, 0) is 4.74 Å². The van der Waals surface area contributed by atoms with Crippen LogP contribution in [0.25, 0.3) is 0 Å². The zero-order valence-electron chi connectivity index (χ0n) is 8.20. The molecule has 0 bridgehead atoms. The van der Waals surface area contributed by atoms with Crippen LogP contribution in [0.5, 0.6) is 0 Å². The largest absolute Gasteiger partial charge is 0.381 e. The number of allylic oxidation sites excluding steroid dienone is 1. The van der Waals surface area contributed by atoms with E-state index in [4.69, 9.17) is 4.74 Å². The van der Waals surface area contributed by atoms with Crippen LogP contribution in [0.2, 0.25) is 0 Å². The standard InChI is InChI=1S/C11H17NO/c1-13-10-6-4-9(5-7-10)11-3-2-8-12-11/h2,8-10H,3-7H2,1H3. The molecular weight excluding hydrogens is 162 g/mol. The first-order valence-corrected chi connectivity index (χ1v) is 5.14. The highest BCUT2D eigenvalue weighted by molar-refractivity contribution is 5.90. The van der Waals surface area contributed by atoms with Crippen molar-refractivity contribution in [1.82, 2.24) is 0 Å². The Bertz CT molecular complexity index is 224. The molecule has 72 valence electrons. The van der Waals surface area contributed by atoms with E-state index in [0.717, 1.165) is 12.3 Å². The van der Waals surface area contributed by atoms with E-state index in [1.807, 2.05) is 13.3 Å². The summed E-state index contributed by atoms with van der Waals surface area (Å²) in [5, 5.41) is 0. The van der Waals surface area contributed by atoms with E-state index in [2.05, 4.69) is 11.1 Å². The Hall–Kier alpha value is -0.630. The fourth-order valence-corrected chi connectivity index (χ4v) is 2.28. The molecule has 0 aromatic rings. The monoisotopic (exact) mass is 179 g/mol. The Balaban J connectivity index is 1.84. The Morgan fingerprint density at radius 1 is 1.31 bits per heavy atom. The van der Waals surface area contributed by atoms with E-state index in [-0.39, 0.29) is 0 Å². The van der Waals surface area contributed by atoms with Crippen LogP contribution in [0.1, 0.15) is 32.1 Å². The van der Waals surface area contributed by atoms with Gasteiger partial charge >= 0.3 is 0 Å². The van der Waals surface area contributed by atoms with Crippen molar-refractivity contribution in [2.75, 3.05) is 7.11 Å². The summed E-state index contributed by atoms with van der Waals surface area (Å²) >= 11 is 0. The van der Waals surface area contributed by atoms with Gasteiger partial charge in [0.1, 0.15) is 0 Å². The van der Waals surface area contributed by atoms with E-state index in [9.17, 15) is 0 Å². The number of ether oxygens (including phenoxy) is 1. The lowest BCUT2D eigenvalue weighted by molar-refractivity contribution is 0.0646. The van der Waals surface area contributed by atoms with Gasteiger partial charge in [-0.1, -0.05) is 6.08 Å². The van der Waals surface area contributed by atoms with E-state index < -0.39 is 0 Å². The summed E-state index contributed by atoms with van der Waals surface area (Å²) in [5.41, 5.74) is 1.40. The van der Waals surface area contributed by atoms with Crippen molar-refractivity contribution in [2.24, 2.45) is 10.9 Å². The summed E-state index contributed by atoms with van der Waals surface area (Å²) in [6, 6.07) is 0. The zero-order chi connectivity index (χ0) is 9.10. The van der Waals surface area contributed by atoms with Crippen LogP contribution in [0, 0.1) is 5.92 Å². The summed E-state index contributed by atoms with van der Waals surface area (Å²) in [6.45, 7) is 0. The van der Waals surface area contributed by atoms with Crippen LogP contribution in [-0.4, -0.2) is 18.9 Å². The van der Waals surface area contributed by atoms with Crippen LogP contribution in [0.3, 0.4) is 0 Å². The zero-order valence-corrected chi connectivity index (χ0v) is 8.20. The molecule has 0 saturated heterocycles. The molecule has 0 aromatic carbocycles. The maximum atomic E-state index is 5.35. The maximum Gasteiger partial charge on any atom is 0.0571 e. The van der Waals surface area contributed by atoms with Gasteiger partial charge in [-0.15, -0.1) is 0 Å². The molecule has 1 heterocycles. The molecule has 0 radical (unpaired) electrons.